The van der Waals surface area contributed by atoms with Crippen molar-refractivity contribution in [1.82, 2.24) is 4.98 Å². The summed E-state index contributed by atoms with van der Waals surface area (Å²) in [5, 5.41) is 0. The van der Waals surface area contributed by atoms with Crippen molar-refractivity contribution >= 4 is 22.6 Å². The van der Waals surface area contributed by atoms with Crippen molar-refractivity contribution in [3.05, 3.63) is 34.7 Å². The van der Waals surface area contributed by atoms with Gasteiger partial charge in [-0.2, -0.15) is 8.78 Å². The summed E-state index contributed by atoms with van der Waals surface area (Å²) >= 11 is 1.81. The monoisotopic (exact) mass is 297 g/mol. The van der Waals surface area contributed by atoms with Crippen molar-refractivity contribution in [2.45, 2.75) is 6.11 Å². The number of hydrogen-bond donors (Lipinski definition) is 0. The van der Waals surface area contributed by atoms with E-state index < -0.39 is 6.11 Å². The molecule has 0 radical (unpaired) electrons. The van der Waals surface area contributed by atoms with Crippen LogP contribution in [-0.4, -0.2) is 11.1 Å². The van der Waals surface area contributed by atoms with E-state index in [9.17, 15) is 8.78 Å². The van der Waals surface area contributed by atoms with Crippen molar-refractivity contribution < 1.29 is 13.5 Å². The van der Waals surface area contributed by atoms with Crippen LogP contribution in [0, 0.1) is 3.70 Å². The van der Waals surface area contributed by atoms with E-state index in [2.05, 4.69) is 16.3 Å². The van der Waals surface area contributed by atoms with E-state index in [0.717, 1.165) is 0 Å². The summed E-state index contributed by atoms with van der Waals surface area (Å²) in [5.74, 6) is 0.0491. The molecule has 0 saturated heterocycles. The third-order valence-corrected chi connectivity index (χ3v) is 2.02. The Morgan fingerprint density at radius 1 is 1.62 bits per heavy atom. The zero-order valence-corrected chi connectivity index (χ0v) is 8.66. The zero-order valence-electron chi connectivity index (χ0n) is 6.51. The van der Waals surface area contributed by atoms with Crippen molar-refractivity contribution in [3.8, 4) is 5.75 Å². The molecule has 0 fully saturated rings. The molecule has 70 valence electrons. The lowest BCUT2D eigenvalue weighted by molar-refractivity contribution is -0.132. The summed E-state index contributed by atoms with van der Waals surface area (Å²) in [6.45, 7) is 2.96. The molecule has 0 amide bonds. The van der Waals surface area contributed by atoms with Crippen LogP contribution in [0.15, 0.2) is 31.0 Å². The van der Waals surface area contributed by atoms with Gasteiger partial charge >= 0.3 is 6.11 Å². The van der Waals surface area contributed by atoms with E-state index in [1.165, 1.54) is 18.3 Å². The van der Waals surface area contributed by atoms with Crippen molar-refractivity contribution in [1.29, 1.82) is 0 Å². The Bertz CT molecular complexity index is 317. The first-order valence-electron chi connectivity index (χ1n) is 3.36. The maximum atomic E-state index is 12.6. The van der Waals surface area contributed by atoms with Gasteiger partial charge in [-0.1, -0.05) is 6.58 Å². The Morgan fingerprint density at radius 2 is 2.31 bits per heavy atom. The smallest absolute Gasteiger partial charge is 0.419 e. The minimum Gasteiger partial charge on any atom is -0.427 e. The van der Waals surface area contributed by atoms with Gasteiger partial charge in [0.05, 0.1) is 0 Å². The van der Waals surface area contributed by atoms with Gasteiger partial charge in [0, 0.05) is 12.3 Å². The third kappa shape index (κ3) is 2.91. The van der Waals surface area contributed by atoms with Gasteiger partial charge in [0.15, 0.2) is 5.75 Å². The Hall–Kier alpha value is -0.720. The molecule has 0 atom stereocenters. The van der Waals surface area contributed by atoms with Gasteiger partial charge in [-0.3, -0.25) is 0 Å². The summed E-state index contributed by atoms with van der Waals surface area (Å²) < 4.78 is 30.0. The molecule has 0 aromatic carbocycles. The van der Waals surface area contributed by atoms with Crippen LogP contribution < -0.4 is 4.74 Å². The van der Waals surface area contributed by atoms with Crippen LogP contribution in [0.3, 0.4) is 0 Å². The Labute approximate surface area is 87.8 Å². The molecule has 0 aliphatic heterocycles. The molecule has 2 nitrogen and oxygen atoms in total. The van der Waals surface area contributed by atoms with Gasteiger partial charge in [-0.15, -0.1) is 0 Å². The molecule has 1 rings (SSSR count). The summed E-state index contributed by atoms with van der Waals surface area (Å²) in [6.07, 6.45) is -1.40. The predicted molar refractivity (Wildman–Crippen MR) is 52.7 cm³/mol. The van der Waals surface area contributed by atoms with Crippen LogP contribution in [0.5, 0.6) is 5.75 Å². The largest absolute Gasteiger partial charge is 0.427 e. The molecule has 0 unspecified atom stereocenters. The number of halogens is 3. The minimum atomic E-state index is -3.34. The molecule has 1 aromatic rings. The molecule has 5 heteroatoms. The lowest BCUT2D eigenvalue weighted by atomic mass is 10.4. The number of hydrogen-bond acceptors (Lipinski definition) is 2. The fourth-order valence-electron chi connectivity index (χ4n) is 0.636. The molecular weight excluding hydrogens is 291 g/mol. The second-order valence-electron chi connectivity index (χ2n) is 2.16. The average Bonchev–Trinajstić information content (AvgIpc) is 2.09. The van der Waals surface area contributed by atoms with Gasteiger partial charge in [0.1, 0.15) is 3.70 Å². The van der Waals surface area contributed by atoms with Gasteiger partial charge in [-0.25, -0.2) is 4.98 Å². The first-order valence-corrected chi connectivity index (χ1v) is 4.44. The van der Waals surface area contributed by atoms with Crippen molar-refractivity contribution in [2.75, 3.05) is 0 Å². The van der Waals surface area contributed by atoms with E-state index >= 15 is 0 Å². The molecule has 0 spiro atoms. The highest BCUT2D eigenvalue weighted by atomic mass is 127. The minimum absolute atomic E-state index is 0.0491. The standard InChI is InChI=1S/C8H6F2INO/c1-2-8(9,10)13-6-4-3-5-12-7(6)11/h2-5H,1H2. The molecule has 0 saturated carbocycles. The fourth-order valence-corrected chi connectivity index (χ4v) is 1.09. The molecule has 0 N–H and O–H groups in total. The summed E-state index contributed by atoms with van der Waals surface area (Å²) in [6, 6.07) is 2.95. The number of pyridine rings is 1. The molecule has 0 aliphatic rings. The zero-order chi connectivity index (χ0) is 9.90. The number of rotatable bonds is 3. The quantitative estimate of drug-likeness (QED) is 0.486. The second kappa shape index (κ2) is 3.99. The average molecular weight is 297 g/mol. The van der Waals surface area contributed by atoms with Gasteiger partial charge in [0.2, 0.25) is 0 Å². The number of alkyl halides is 2. The molecule has 0 bridgehead atoms. The van der Waals surface area contributed by atoms with Gasteiger partial charge in [-0.05, 0) is 34.7 Å². The lowest BCUT2D eigenvalue weighted by Gasteiger charge is -2.13. The van der Waals surface area contributed by atoms with Gasteiger partial charge < -0.3 is 4.74 Å². The first kappa shape index (κ1) is 10.4. The molecule has 1 heterocycles. The maximum Gasteiger partial charge on any atom is 0.419 e. The van der Waals surface area contributed by atoms with Crippen LogP contribution in [0.25, 0.3) is 0 Å². The molecule has 1 aromatic heterocycles. The first-order chi connectivity index (χ1) is 6.05. The van der Waals surface area contributed by atoms with Crippen molar-refractivity contribution in [2.24, 2.45) is 0 Å². The van der Waals surface area contributed by atoms with E-state index in [1.807, 2.05) is 22.6 Å². The number of ether oxygens (including phenoxy) is 1. The van der Waals surface area contributed by atoms with E-state index in [-0.39, 0.29) is 5.75 Å². The van der Waals surface area contributed by atoms with E-state index in [4.69, 9.17) is 0 Å². The van der Waals surface area contributed by atoms with Gasteiger partial charge in [0.25, 0.3) is 0 Å². The molecular formula is C8H6F2INO. The van der Waals surface area contributed by atoms with Crippen LogP contribution in [-0.2, 0) is 0 Å². The SMILES string of the molecule is C=CC(F)(F)Oc1cccnc1I. The fraction of sp³-hybridized carbons (Fsp3) is 0.125. The number of nitrogens with zero attached hydrogens (tertiary/aromatic N) is 1. The molecule has 13 heavy (non-hydrogen) atoms. The summed E-state index contributed by atoms with van der Waals surface area (Å²) in [7, 11) is 0. The Morgan fingerprint density at radius 3 is 2.85 bits per heavy atom. The summed E-state index contributed by atoms with van der Waals surface area (Å²) in [4.78, 5) is 3.79. The van der Waals surface area contributed by atoms with Crippen LogP contribution in [0.1, 0.15) is 0 Å². The highest BCUT2D eigenvalue weighted by molar-refractivity contribution is 14.1. The Kier molecular flexibility index (Phi) is 3.18. The highest BCUT2D eigenvalue weighted by Crippen LogP contribution is 2.25. The van der Waals surface area contributed by atoms with Crippen molar-refractivity contribution in [3.63, 3.8) is 0 Å². The van der Waals surface area contributed by atoms with E-state index in [0.29, 0.717) is 9.78 Å². The van der Waals surface area contributed by atoms with Crippen LogP contribution >= 0.6 is 22.6 Å². The topological polar surface area (TPSA) is 22.1 Å². The maximum absolute atomic E-state index is 12.6. The molecule has 0 aliphatic carbocycles. The predicted octanol–water partition coefficient (Wildman–Crippen LogP) is 2.84. The lowest BCUT2D eigenvalue weighted by Crippen LogP contribution is -2.21. The normalized spacial score (nSPS) is 11.0. The highest BCUT2D eigenvalue weighted by Gasteiger charge is 2.27. The second-order valence-corrected chi connectivity index (χ2v) is 3.18. The third-order valence-electron chi connectivity index (χ3n) is 1.21. The Balaban J connectivity index is 2.86. The van der Waals surface area contributed by atoms with Crippen LogP contribution in [0.4, 0.5) is 8.78 Å². The number of aromatic nitrogens is 1. The summed E-state index contributed by atoms with van der Waals surface area (Å²) in [5.41, 5.74) is 0. The van der Waals surface area contributed by atoms with E-state index in [1.54, 1.807) is 0 Å². The van der Waals surface area contributed by atoms with Crippen LogP contribution in [0.2, 0.25) is 0 Å².